The minimum atomic E-state index is 0.381. The highest BCUT2D eigenvalue weighted by Gasteiger charge is 2.15. The van der Waals surface area contributed by atoms with Gasteiger partial charge in [-0.05, 0) is 51.3 Å². The number of amides is 1. The molecule has 2 heterocycles. The van der Waals surface area contributed by atoms with Gasteiger partial charge in [0.2, 0.25) is 6.41 Å². The predicted molar refractivity (Wildman–Crippen MR) is 86.9 cm³/mol. The van der Waals surface area contributed by atoms with Crippen molar-refractivity contribution in [1.29, 1.82) is 0 Å². The number of halogens is 1. The number of hydrogen-bond acceptors (Lipinski definition) is 2. The first-order valence-corrected chi connectivity index (χ1v) is 8.21. The molecule has 21 heavy (non-hydrogen) atoms. The van der Waals surface area contributed by atoms with E-state index >= 15 is 0 Å². The van der Waals surface area contributed by atoms with Crippen LogP contribution in [0.15, 0.2) is 6.07 Å². The molecule has 1 N–H and O–H groups in total. The van der Waals surface area contributed by atoms with Crippen LogP contribution < -0.4 is 0 Å². The molecule has 0 radical (unpaired) electrons. The molecule has 5 heteroatoms. The van der Waals surface area contributed by atoms with E-state index in [0.717, 1.165) is 58.3 Å². The number of aryl methyl sites for hydroxylation is 3. The summed E-state index contributed by atoms with van der Waals surface area (Å²) in [6.07, 6.45) is 5.44. The first-order chi connectivity index (χ1) is 10.1. The highest BCUT2D eigenvalue weighted by Crippen LogP contribution is 2.23. The second-order valence-electron chi connectivity index (χ2n) is 6.08. The van der Waals surface area contributed by atoms with Gasteiger partial charge in [-0.1, -0.05) is 0 Å². The quantitative estimate of drug-likeness (QED) is 0.490. The molecule has 1 atom stereocenters. The van der Waals surface area contributed by atoms with Gasteiger partial charge in [0.25, 0.3) is 0 Å². The van der Waals surface area contributed by atoms with E-state index in [1.165, 1.54) is 17.0 Å². The number of carbonyl (C=O) groups excluding carboxylic acids is 1. The molecule has 4 nitrogen and oxygen atoms in total. The lowest BCUT2D eigenvalue weighted by molar-refractivity contribution is -0.119. The molecule has 0 saturated carbocycles. The number of hydrogen-bond donors (Lipinski definition) is 1. The number of carbonyl (C=O) groups is 1. The number of nitrogens with one attached hydrogen (secondary N) is 1. The van der Waals surface area contributed by atoms with Gasteiger partial charge < -0.3 is 14.8 Å². The second-order valence-corrected chi connectivity index (χ2v) is 6.69. The minimum absolute atomic E-state index is 0.381. The lowest BCUT2D eigenvalue weighted by atomic mass is 10.1. The van der Waals surface area contributed by atoms with Crippen LogP contribution in [-0.2, 0) is 17.6 Å². The molecular weight excluding hydrogens is 286 g/mol. The zero-order valence-corrected chi connectivity index (χ0v) is 13.8. The van der Waals surface area contributed by atoms with Gasteiger partial charge in [-0.3, -0.25) is 4.79 Å². The number of fused-ring (bicyclic) bond motifs is 1. The van der Waals surface area contributed by atoms with Crippen molar-refractivity contribution in [3.63, 3.8) is 0 Å². The number of H-pyrrole nitrogens is 1. The van der Waals surface area contributed by atoms with Gasteiger partial charge in [0.15, 0.2) is 0 Å². The van der Waals surface area contributed by atoms with Crippen molar-refractivity contribution in [3.05, 3.63) is 23.0 Å². The van der Waals surface area contributed by atoms with E-state index in [4.69, 9.17) is 11.6 Å². The number of nitrogens with zero attached hydrogens (tertiary/aromatic N) is 2. The Morgan fingerprint density at radius 3 is 2.57 bits per heavy atom. The van der Waals surface area contributed by atoms with Crippen LogP contribution in [0.3, 0.4) is 0 Å². The topological polar surface area (TPSA) is 39.3 Å². The Morgan fingerprint density at radius 1 is 1.24 bits per heavy atom. The maximum absolute atomic E-state index is 10.2. The average Bonchev–Trinajstić information content (AvgIpc) is 2.76. The minimum Gasteiger partial charge on any atom is -0.362 e. The van der Waals surface area contributed by atoms with Crippen LogP contribution in [-0.4, -0.2) is 59.8 Å². The molecule has 1 aromatic rings. The molecule has 0 aromatic carbocycles. The third kappa shape index (κ3) is 5.04. The summed E-state index contributed by atoms with van der Waals surface area (Å²) in [5, 5.41) is 0.381. The van der Waals surface area contributed by atoms with E-state index in [-0.39, 0.29) is 0 Å². The van der Waals surface area contributed by atoms with Crippen LogP contribution >= 0.6 is 11.6 Å². The van der Waals surface area contributed by atoms with E-state index in [0.29, 0.717) is 5.38 Å². The molecule has 1 amide bonds. The van der Waals surface area contributed by atoms with Crippen LogP contribution in [0.4, 0.5) is 0 Å². The first kappa shape index (κ1) is 16.4. The monoisotopic (exact) mass is 311 g/mol. The summed E-state index contributed by atoms with van der Waals surface area (Å²) in [7, 11) is 2.07. The highest BCUT2D eigenvalue weighted by atomic mass is 35.5. The van der Waals surface area contributed by atoms with Crippen molar-refractivity contribution >= 4 is 18.0 Å². The van der Waals surface area contributed by atoms with Crippen molar-refractivity contribution in [2.75, 3.05) is 33.2 Å². The SMILES string of the molecule is CN1CCN(C=O)CC1.Cc1cc2c([nH]1)CCC(Cl)CC2. The summed E-state index contributed by atoms with van der Waals surface area (Å²) >= 11 is 6.09. The Labute approximate surface area is 132 Å². The number of aromatic amines is 1. The molecule has 1 fully saturated rings. The Balaban J connectivity index is 0.000000161. The van der Waals surface area contributed by atoms with Crippen LogP contribution in [0, 0.1) is 6.92 Å². The fraction of sp³-hybridized carbons (Fsp3) is 0.688. The molecule has 1 saturated heterocycles. The van der Waals surface area contributed by atoms with E-state index in [1.807, 2.05) is 0 Å². The lowest BCUT2D eigenvalue weighted by Gasteiger charge is -2.29. The fourth-order valence-electron chi connectivity index (χ4n) is 2.83. The summed E-state index contributed by atoms with van der Waals surface area (Å²) in [5.41, 5.74) is 4.18. The molecule has 1 aromatic heterocycles. The molecule has 0 bridgehead atoms. The van der Waals surface area contributed by atoms with Crippen LogP contribution in [0.1, 0.15) is 29.8 Å². The number of rotatable bonds is 1. The molecule has 2 aliphatic rings. The van der Waals surface area contributed by atoms with E-state index in [1.54, 1.807) is 4.90 Å². The Kier molecular flexibility index (Phi) is 6.12. The molecule has 0 spiro atoms. The Hall–Kier alpha value is -1.00. The van der Waals surface area contributed by atoms with Gasteiger partial charge in [0.1, 0.15) is 0 Å². The highest BCUT2D eigenvalue weighted by molar-refractivity contribution is 6.20. The van der Waals surface area contributed by atoms with Crippen molar-refractivity contribution in [3.8, 4) is 0 Å². The molecule has 118 valence electrons. The molecule has 1 aliphatic carbocycles. The Morgan fingerprint density at radius 2 is 1.90 bits per heavy atom. The van der Waals surface area contributed by atoms with E-state index in [9.17, 15) is 4.79 Å². The Bertz CT molecular complexity index is 427. The molecule has 3 rings (SSSR count). The van der Waals surface area contributed by atoms with Crippen LogP contribution in [0.2, 0.25) is 0 Å². The van der Waals surface area contributed by atoms with Gasteiger partial charge in [0.05, 0.1) is 0 Å². The van der Waals surface area contributed by atoms with Crippen LogP contribution in [0.5, 0.6) is 0 Å². The largest absolute Gasteiger partial charge is 0.362 e. The third-order valence-corrected chi connectivity index (χ3v) is 4.68. The summed E-state index contributed by atoms with van der Waals surface area (Å²) in [6, 6.07) is 2.25. The second kappa shape index (κ2) is 7.85. The van der Waals surface area contributed by atoms with Crippen LogP contribution in [0.25, 0.3) is 0 Å². The standard InChI is InChI=1S/C10H14ClN.C6H12N2O/c1-7-6-8-2-3-9(11)4-5-10(8)12-7;1-7-2-4-8(6-9)5-3-7/h6,9,12H,2-5H2,1H3;6H,2-5H2,1H3. The first-order valence-electron chi connectivity index (χ1n) is 7.78. The van der Waals surface area contributed by atoms with Gasteiger partial charge >= 0.3 is 0 Å². The average molecular weight is 312 g/mol. The van der Waals surface area contributed by atoms with E-state index < -0.39 is 0 Å². The predicted octanol–water partition coefficient (Wildman–Crippen LogP) is 2.20. The third-order valence-electron chi connectivity index (χ3n) is 4.25. The number of piperazine rings is 1. The van der Waals surface area contributed by atoms with E-state index in [2.05, 4.69) is 29.9 Å². The maximum Gasteiger partial charge on any atom is 0.209 e. The van der Waals surface area contributed by atoms with Gasteiger partial charge in [-0.25, -0.2) is 0 Å². The zero-order valence-electron chi connectivity index (χ0n) is 13.1. The van der Waals surface area contributed by atoms with Gasteiger partial charge in [-0.2, -0.15) is 0 Å². The molecular formula is C16H26ClN3O. The normalized spacial score (nSPS) is 22.8. The van der Waals surface area contributed by atoms with Crippen molar-refractivity contribution < 1.29 is 4.79 Å². The summed E-state index contributed by atoms with van der Waals surface area (Å²) in [4.78, 5) is 17.6. The summed E-state index contributed by atoms with van der Waals surface area (Å²) in [5.74, 6) is 0. The van der Waals surface area contributed by atoms with Gasteiger partial charge in [-0.15, -0.1) is 11.6 Å². The van der Waals surface area contributed by atoms with Crippen molar-refractivity contribution in [2.24, 2.45) is 0 Å². The van der Waals surface area contributed by atoms with Gasteiger partial charge in [0, 0.05) is 42.9 Å². The molecule has 1 unspecified atom stereocenters. The lowest BCUT2D eigenvalue weighted by Crippen LogP contribution is -2.43. The molecule has 1 aliphatic heterocycles. The summed E-state index contributed by atoms with van der Waals surface area (Å²) in [6.45, 7) is 5.92. The number of aromatic nitrogens is 1. The zero-order chi connectivity index (χ0) is 15.2. The summed E-state index contributed by atoms with van der Waals surface area (Å²) < 4.78 is 0. The fourth-order valence-corrected chi connectivity index (χ4v) is 3.05. The number of alkyl halides is 1. The van der Waals surface area contributed by atoms with Crippen molar-refractivity contribution in [2.45, 2.75) is 38.0 Å². The smallest absolute Gasteiger partial charge is 0.209 e. The number of likely N-dealkylation sites (N-methyl/N-ethyl adjacent to an activating group) is 1. The van der Waals surface area contributed by atoms with Crippen molar-refractivity contribution in [1.82, 2.24) is 14.8 Å². The maximum atomic E-state index is 10.2.